The summed E-state index contributed by atoms with van der Waals surface area (Å²) in [5, 5.41) is 8.35. The lowest BCUT2D eigenvalue weighted by Gasteiger charge is -2.08. The summed E-state index contributed by atoms with van der Waals surface area (Å²) in [5.74, 6) is -0.100. The number of anilines is 1. The number of carbonyl (C=O) groups is 1. The predicted molar refractivity (Wildman–Crippen MR) is 74.1 cm³/mol. The molecule has 18 heavy (non-hydrogen) atoms. The third kappa shape index (κ3) is 3.15. The van der Waals surface area contributed by atoms with Gasteiger partial charge in [0.1, 0.15) is 0 Å². The van der Waals surface area contributed by atoms with E-state index in [2.05, 4.69) is 15.6 Å². The summed E-state index contributed by atoms with van der Waals surface area (Å²) >= 11 is 1.41. The van der Waals surface area contributed by atoms with Gasteiger partial charge in [-0.1, -0.05) is 18.2 Å². The maximum absolute atomic E-state index is 12.1. The third-order valence-corrected chi connectivity index (χ3v) is 3.25. The Morgan fingerprint density at radius 3 is 2.94 bits per heavy atom. The zero-order valence-electron chi connectivity index (χ0n) is 10.1. The molecule has 0 fully saturated rings. The molecule has 0 saturated carbocycles. The molecule has 0 radical (unpaired) electrons. The first-order chi connectivity index (χ1) is 8.81. The van der Waals surface area contributed by atoms with E-state index in [9.17, 15) is 4.79 Å². The summed E-state index contributed by atoms with van der Waals surface area (Å²) in [6.07, 6.45) is 2.51. The Kier molecular flexibility index (Phi) is 4.44. The van der Waals surface area contributed by atoms with Gasteiger partial charge >= 0.3 is 0 Å². The van der Waals surface area contributed by atoms with Crippen molar-refractivity contribution in [2.45, 2.75) is 6.42 Å². The smallest absolute Gasteiger partial charge is 0.257 e. The van der Waals surface area contributed by atoms with Gasteiger partial charge in [0, 0.05) is 17.1 Å². The van der Waals surface area contributed by atoms with Crippen LogP contribution in [0.25, 0.3) is 0 Å². The van der Waals surface area contributed by atoms with Crippen LogP contribution in [0.2, 0.25) is 0 Å². The molecular formula is C13H15N3OS. The van der Waals surface area contributed by atoms with E-state index in [0.717, 1.165) is 18.5 Å². The van der Waals surface area contributed by atoms with Crippen LogP contribution in [-0.2, 0) is 6.42 Å². The number of nitrogens with zero attached hydrogens (tertiary/aromatic N) is 1. The molecule has 1 aromatic heterocycles. The second-order valence-electron chi connectivity index (χ2n) is 3.80. The Balaban J connectivity index is 2.13. The summed E-state index contributed by atoms with van der Waals surface area (Å²) in [6, 6.07) is 7.65. The van der Waals surface area contributed by atoms with Crippen LogP contribution in [0.15, 0.2) is 35.8 Å². The van der Waals surface area contributed by atoms with E-state index in [-0.39, 0.29) is 5.91 Å². The van der Waals surface area contributed by atoms with Crippen LogP contribution in [-0.4, -0.2) is 24.5 Å². The van der Waals surface area contributed by atoms with Crippen molar-refractivity contribution in [2.24, 2.45) is 0 Å². The summed E-state index contributed by atoms with van der Waals surface area (Å²) in [6.45, 7) is 0.849. The monoisotopic (exact) mass is 261 g/mol. The summed E-state index contributed by atoms with van der Waals surface area (Å²) < 4.78 is 0. The van der Waals surface area contributed by atoms with Crippen LogP contribution in [0.1, 0.15) is 15.9 Å². The molecule has 0 aliphatic heterocycles. The molecule has 0 saturated heterocycles. The molecule has 0 bridgehead atoms. The van der Waals surface area contributed by atoms with Crippen LogP contribution < -0.4 is 10.6 Å². The van der Waals surface area contributed by atoms with Crippen LogP contribution in [0.5, 0.6) is 0 Å². The van der Waals surface area contributed by atoms with Gasteiger partial charge < -0.3 is 5.32 Å². The predicted octanol–water partition coefficient (Wildman–Crippen LogP) is 2.16. The number of aromatic nitrogens is 1. The van der Waals surface area contributed by atoms with Crippen molar-refractivity contribution in [3.8, 4) is 0 Å². The van der Waals surface area contributed by atoms with Gasteiger partial charge in [-0.15, -0.1) is 11.3 Å². The van der Waals surface area contributed by atoms with E-state index in [1.54, 1.807) is 6.20 Å². The molecule has 2 aromatic rings. The van der Waals surface area contributed by atoms with Crippen molar-refractivity contribution in [1.29, 1.82) is 0 Å². The molecule has 1 amide bonds. The number of amides is 1. The van der Waals surface area contributed by atoms with Crippen molar-refractivity contribution in [3.63, 3.8) is 0 Å². The van der Waals surface area contributed by atoms with Gasteiger partial charge in [0.2, 0.25) is 0 Å². The number of carbonyl (C=O) groups excluding carboxylic acids is 1. The van der Waals surface area contributed by atoms with Gasteiger partial charge in [-0.25, -0.2) is 4.98 Å². The number of rotatable bonds is 5. The summed E-state index contributed by atoms with van der Waals surface area (Å²) in [7, 11) is 1.90. The quantitative estimate of drug-likeness (QED) is 0.867. The van der Waals surface area contributed by atoms with Crippen LogP contribution in [0.3, 0.4) is 0 Å². The van der Waals surface area contributed by atoms with Crippen molar-refractivity contribution in [1.82, 2.24) is 10.3 Å². The van der Waals surface area contributed by atoms with Gasteiger partial charge in [0.15, 0.2) is 5.13 Å². The Hall–Kier alpha value is -1.72. The number of hydrogen-bond acceptors (Lipinski definition) is 4. The topological polar surface area (TPSA) is 54.0 Å². The molecule has 1 aromatic carbocycles. The SMILES string of the molecule is CNCCc1ccccc1C(=O)Nc1nccs1. The van der Waals surface area contributed by atoms with E-state index < -0.39 is 0 Å². The number of benzene rings is 1. The lowest BCUT2D eigenvalue weighted by atomic mass is 10.0. The van der Waals surface area contributed by atoms with Gasteiger partial charge in [-0.05, 0) is 31.6 Å². The molecule has 4 nitrogen and oxygen atoms in total. The van der Waals surface area contributed by atoms with E-state index in [4.69, 9.17) is 0 Å². The highest BCUT2D eigenvalue weighted by molar-refractivity contribution is 7.13. The average molecular weight is 261 g/mol. The highest BCUT2D eigenvalue weighted by atomic mass is 32.1. The van der Waals surface area contributed by atoms with E-state index in [0.29, 0.717) is 10.7 Å². The molecule has 0 aliphatic carbocycles. The van der Waals surface area contributed by atoms with E-state index in [1.807, 2.05) is 36.7 Å². The lowest BCUT2D eigenvalue weighted by Crippen LogP contribution is -2.17. The first kappa shape index (κ1) is 12.7. The van der Waals surface area contributed by atoms with Gasteiger partial charge in [0.25, 0.3) is 5.91 Å². The molecule has 0 atom stereocenters. The van der Waals surface area contributed by atoms with Crippen molar-refractivity contribution >= 4 is 22.4 Å². The fourth-order valence-corrected chi connectivity index (χ4v) is 2.19. The van der Waals surface area contributed by atoms with Crippen molar-refractivity contribution < 1.29 is 4.79 Å². The largest absolute Gasteiger partial charge is 0.319 e. The van der Waals surface area contributed by atoms with Gasteiger partial charge in [-0.3, -0.25) is 10.1 Å². The molecular weight excluding hydrogens is 246 g/mol. The van der Waals surface area contributed by atoms with Crippen molar-refractivity contribution in [3.05, 3.63) is 47.0 Å². The Morgan fingerprint density at radius 2 is 2.22 bits per heavy atom. The first-order valence-electron chi connectivity index (χ1n) is 5.74. The lowest BCUT2D eigenvalue weighted by molar-refractivity contribution is 0.102. The highest BCUT2D eigenvalue weighted by Crippen LogP contribution is 2.15. The Labute approximate surface area is 110 Å². The standard InChI is InChI=1S/C13H15N3OS/c1-14-7-6-10-4-2-3-5-11(10)12(17)16-13-15-8-9-18-13/h2-5,8-9,14H,6-7H2,1H3,(H,15,16,17). The van der Waals surface area contributed by atoms with E-state index in [1.165, 1.54) is 11.3 Å². The fraction of sp³-hybridized carbons (Fsp3) is 0.231. The second kappa shape index (κ2) is 6.28. The minimum atomic E-state index is -0.100. The first-order valence-corrected chi connectivity index (χ1v) is 6.62. The number of thiazole rings is 1. The highest BCUT2D eigenvalue weighted by Gasteiger charge is 2.11. The Bertz CT molecular complexity index is 511. The normalized spacial score (nSPS) is 10.3. The number of nitrogens with one attached hydrogen (secondary N) is 2. The summed E-state index contributed by atoms with van der Waals surface area (Å²) in [5.41, 5.74) is 1.75. The molecule has 94 valence electrons. The average Bonchev–Trinajstić information content (AvgIpc) is 2.89. The molecule has 0 spiro atoms. The van der Waals surface area contributed by atoms with Crippen LogP contribution in [0.4, 0.5) is 5.13 Å². The van der Waals surface area contributed by atoms with E-state index >= 15 is 0 Å². The van der Waals surface area contributed by atoms with Crippen LogP contribution in [0, 0.1) is 0 Å². The molecule has 0 unspecified atom stereocenters. The number of likely N-dealkylation sites (N-methyl/N-ethyl adjacent to an activating group) is 1. The zero-order chi connectivity index (χ0) is 12.8. The molecule has 1 heterocycles. The summed E-state index contributed by atoms with van der Waals surface area (Å²) in [4.78, 5) is 16.2. The fourth-order valence-electron chi connectivity index (χ4n) is 1.67. The second-order valence-corrected chi connectivity index (χ2v) is 4.70. The minimum absolute atomic E-state index is 0.100. The molecule has 2 N–H and O–H groups in total. The molecule has 0 aliphatic rings. The maximum Gasteiger partial charge on any atom is 0.257 e. The molecule has 2 rings (SSSR count). The van der Waals surface area contributed by atoms with Gasteiger partial charge in [-0.2, -0.15) is 0 Å². The van der Waals surface area contributed by atoms with Crippen molar-refractivity contribution in [2.75, 3.05) is 18.9 Å². The number of hydrogen-bond donors (Lipinski definition) is 2. The Morgan fingerprint density at radius 1 is 1.39 bits per heavy atom. The van der Waals surface area contributed by atoms with Crippen LogP contribution >= 0.6 is 11.3 Å². The molecule has 5 heteroatoms. The third-order valence-electron chi connectivity index (χ3n) is 2.56. The maximum atomic E-state index is 12.1. The minimum Gasteiger partial charge on any atom is -0.319 e. The zero-order valence-corrected chi connectivity index (χ0v) is 11.0. The van der Waals surface area contributed by atoms with Gasteiger partial charge in [0.05, 0.1) is 0 Å².